The highest BCUT2D eigenvalue weighted by Gasteiger charge is 2.44. The second-order valence-electron chi connectivity index (χ2n) is 6.20. The highest BCUT2D eigenvalue weighted by molar-refractivity contribution is 5.91. The van der Waals surface area contributed by atoms with E-state index in [-0.39, 0.29) is 17.0 Å². The predicted octanol–water partition coefficient (Wildman–Crippen LogP) is -1.53. The van der Waals surface area contributed by atoms with Gasteiger partial charge in [-0.2, -0.15) is 0 Å². The van der Waals surface area contributed by atoms with E-state index in [0.717, 1.165) is 6.07 Å². The van der Waals surface area contributed by atoms with E-state index in [0.29, 0.717) is 5.39 Å². The molecule has 0 radical (unpaired) electrons. The zero-order chi connectivity index (χ0) is 20.4. The summed E-state index contributed by atoms with van der Waals surface area (Å²) in [5, 5.41) is 50.6. The molecule has 0 aliphatic carbocycles. The summed E-state index contributed by atoms with van der Waals surface area (Å²) in [4.78, 5) is 22.4. The van der Waals surface area contributed by atoms with Gasteiger partial charge in [0.25, 0.3) is 0 Å². The third-order valence-corrected chi connectivity index (χ3v) is 4.25. The Kier molecular flexibility index (Phi) is 5.82. The normalized spacial score (nSPS) is 27.5. The SMILES string of the molecule is O=C(O)CNc1cc(=O)oc2cc(O[C@@H]3O[C@H](CO)[C@H](O)[C@H](O)[C@H]3O)ccc12. The lowest BCUT2D eigenvalue weighted by Crippen LogP contribution is -2.60. The molecule has 6 N–H and O–H groups in total. The molecule has 0 spiro atoms. The van der Waals surface area contributed by atoms with Gasteiger partial charge in [0.1, 0.15) is 42.3 Å². The fraction of sp³-hybridized carbons (Fsp3) is 0.412. The third kappa shape index (κ3) is 4.08. The Labute approximate surface area is 157 Å². The number of carboxylic acid groups (broad SMARTS) is 1. The van der Waals surface area contributed by atoms with Crippen molar-refractivity contribution in [3.63, 3.8) is 0 Å². The monoisotopic (exact) mass is 397 g/mol. The third-order valence-electron chi connectivity index (χ3n) is 4.25. The van der Waals surface area contributed by atoms with Crippen LogP contribution in [0.2, 0.25) is 0 Å². The Hall–Kier alpha value is -2.70. The summed E-state index contributed by atoms with van der Waals surface area (Å²) in [5.74, 6) is -1.00. The van der Waals surface area contributed by atoms with Gasteiger partial charge in [0.15, 0.2) is 0 Å². The van der Waals surface area contributed by atoms with Crippen molar-refractivity contribution in [3.05, 3.63) is 34.7 Å². The number of nitrogens with one attached hydrogen (secondary N) is 1. The van der Waals surface area contributed by atoms with Crippen LogP contribution < -0.4 is 15.7 Å². The van der Waals surface area contributed by atoms with Crippen molar-refractivity contribution in [2.45, 2.75) is 30.7 Å². The second kappa shape index (κ2) is 8.12. The number of aliphatic hydroxyl groups is 4. The summed E-state index contributed by atoms with van der Waals surface area (Å²) < 4.78 is 15.8. The molecule has 1 saturated heterocycles. The molecule has 1 aliphatic heterocycles. The first-order chi connectivity index (χ1) is 13.3. The maximum absolute atomic E-state index is 11.7. The molecule has 11 nitrogen and oxygen atoms in total. The van der Waals surface area contributed by atoms with Gasteiger partial charge >= 0.3 is 11.6 Å². The molecule has 2 heterocycles. The number of rotatable bonds is 6. The van der Waals surface area contributed by atoms with E-state index in [1.165, 1.54) is 18.2 Å². The number of carbonyl (C=O) groups is 1. The summed E-state index contributed by atoms with van der Waals surface area (Å²) in [6, 6.07) is 5.39. The maximum atomic E-state index is 11.7. The number of anilines is 1. The molecule has 1 aromatic heterocycles. The van der Waals surface area contributed by atoms with E-state index in [9.17, 15) is 30.0 Å². The van der Waals surface area contributed by atoms with Gasteiger partial charge in [0.05, 0.1) is 12.3 Å². The average molecular weight is 397 g/mol. The van der Waals surface area contributed by atoms with Crippen LogP contribution in [-0.4, -0.2) is 75.4 Å². The number of aliphatic hydroxyl groups excluding tert-OH is 4. The molecule has 1 aromatic carbocycles. The molecule has 3 rings (SSSR count). The molecule has 0 unspecified atom stereocenters. The zero-order valence-corrected chi connectivity index (χ0v) is 14.4. The minimum absolute atomic E-state index is 0.0856. The lowest BCUT2D eigenvalue weighted by atomic mass is 9.99. The number of hydrogen-bond acceptors (Lipinski definition) is 10. The Bertz CT molecular complexity index is 910. The Morgan fingerprint density at radius 1 is 1.14 bits per heavy atom. The Morgan fingerprint density at radius 2 is 1.89 bits per heavy atom. The van der Waals surface area contributed by atoms with Gasteiger partial charge in [0.2, 0.25) is 6.29 Å². The fourth-order valence-electron chi connectivity index (χ4n) is 2.83. The molecule has 1 fully saturated rings. The second-order valence-corrected chi connectivity index (χ2v) is 6.20. The maximum Gasteiger partial charge on any atom is 0.338 e. The quantitative estimate of drug-likeness (QED) is 0.311. The van der Waals surface area contributed by atoms with Crippen LogP contribution in [0.4, 0.5) is 5.69 Å². The van der Waals surface area contributed by atoms with Gasteiger partial charge in [-0.05, 0) is 12.1 Å². The number of carboxylic acids is 1. The first-order valence-corrected chi connectivity index (χ1v) is 8.31. The van der Waals surface area contributed by atoms with Crippen LogP contribution in [0.15, 0.2) is 33.5 Å². The molecular weight excluding hydrogens is 378 g/mol. The lowest BCUT2D eigenvalue weighted by Gasteiger charge is -2.39. The first kappa shape index (κ1) is 20.0. The summed E-state index contributed by atoms with van der Waals surface area (Å²) in [5.41, 5.74) is -0.374. The largest absolute Gasteiger partial charge is 0.480 e. The molecule has 0 amide bonds. The van der Waals surface area contributed by atoms with Crippen molar-refractivity contribution in [2.75, 3.05) is 18.5 Å². The zero-order valence-electron chi connectivity index (χ0n) is 14.4. The van der Waals surface area contributed by atoms with Crippen LogP contribution in [-0.2, 0) is 9.53 Å². The summed E-state index contributed by atoms with van der Waals surface area (Å²) in [6.45, 7) is -1.00. The number of hydrogen-bond donors (Lipinski definition) is 6. The van der Waals surface area contributed by atoms with E-state index >= 15 is 0 Å². The van der Waals surface area contributed by atoms with Gasteiger partial charge in [-0.25, -0.2) is 4.79 Å². The molecule has 5 atom stereocenters. The van der Waals surface area contributed by atoms with Crippen molar-refractivity contribution in [2.24, 2.45) is 0 Å². The highest BCUT2D eigenvalue weighted by Crippen LogP contribution is 2.29. The summed E-state index contributed by atoms with van der Waals surface area (Å²) in [6.07, 6.45) is -7.23. The van der Waals surface area contributed by atoms with E-state index in [2.05, 4.69) is 5.32 Å². The number of fused-ring (bicyclic) bond motifs is 1. The molecule has 2 aromatic rings. The van der Waals surface area contributed by atoms with Gasteiger partial charge in [-0.3, -0.25) is 4.79 Å². The first-order valence-electron chi connectivity index (χ1n) is 8.31. The summed E-state index contributed by atoms with van der Waals surface area (Å²) in [7, 11) is 0. The molecule has 11 heteroatoms. The minimum Gasteiger partial charge on any atom is -0.480 e. The molecule has 0 saturated carbocycles. The van der Waals surface area contributed by atoms with Crippen molar-refractivity contribution in [1.29, 1.82) is 0 Å². The van der Waals surface area contributed by atoms with Crippen LogP contribution in [0.1, 0.15) is 0 Å². The predicted molar refractivity (Wildman–Crippen MR) is 93.0 cm³/mol. The molecule has 152 valence electrons. The van der Waals surface area contributed by atoms with E-state index < -0.39 is 55.5 Å². The smallest absolute Gasteiger partial charge is 0.338 e. The molecule has 0 bridgehead atoms. The van der Waals surface area contributed by atoms with Gasteiger partial charge in [-0.1, -0.05) is 0 Å². The Morgan fingerprint density at radius 3 is 2.57 bits per heavy atom. The minimum atomic E-state index is -1.60. The van der Waals surface area contributed by atoms with Gasteiger partial charge in [0, 0.05) is 17.5 Å². The molecular formula is C17H19NO10. The molecule has 28 heavy (non-hydrogen) atoms. The summed E-state index contributed by atoms with van der Waals surface area (Å²) >= 11 is 0. The van der Waals surface area contributed by atoms with Crippen LogP contribution in [0.25, 0.3) is 11.0 Å². The van der Waals surface area contributed by atoms with Crippen molar-refractivity contribution >= 4 is 22.6 Å². The van der Waals surface area contributed by atoms with E-state index in [1.807, 2.05) is 0 Å². The highest BCUT2D eigenvalue weighted by atomic mass is 16.7. The van der Waals surface area contributed by atoms with Crippen molar-refractivity contribution in [1.82, 2.24) is 0 Å². The van der Waals surface area contributed by atoms with E-state index in [1.54, 1.807) is 0 Å². The number of ether oxygens (including phenoxy) is 2. The topological polar surface area (TPSA) is 179 Å². The van der Waals surface area contributed by atoms with Crippen LogP contribution in [0.5, 0.6) is 5.75 Å². The fourth-order valence-corrected chi connectivity index (χ4v) is 2.83. The van der Waals surface area contributed by atoms with Crippen molar-refractivity contribution < 1.29 is 44.2 Å². The Balaban J connectivity index is 1.86. The van der Waals surface area contributed by atoms with Crippen LogP contribution in [0, 0.1) is 0 Å². The van der Waals surface area contributed by atoms with Crippen LogP contribution >= 0.6 is 0 Å². The van der Waals surface area contributed by atoms with E-state index in [4.69, 9.17) is 19.0 Å². The average Bonchev–Trinajstić information content (AvgIpc) is 2.66. The van der Waals surface area contributed by atoms with Crippen molar-refractivity contribution in [3.8, 4) is 5.75 Å². The molecule has 1 aliphatic rings. The number of aliphatic carboxylic acids is 1. The van der Waals surface area contributed by atoms with Gasteiger partial charge in [-0.15, -0.1) is 0 Å². The lowest BCUT2D eigenvalue weighted by molar-refractivity contribution is -0.277. The van der Waals surface area contributed by atoms with Gasteiger partial charge < -0.3 is 44.7 Å². The standard InChI is InChI=1S/C17H19NO10/c19-6-11-14(23)15(24)16(25)17(28-11)26-7-1-2-8-9(18-5-12(20)21)4-13(22)27-10(8)3-7/h1-4,11,14-19,23-25H,5-6H2,(H,20,21)/t11-,14+,15+,16-,17-/m1/s1. The number of benzene rings is 1. The van der Waals surface area contributed by atoms with Crippen LogP contribution in [0.3, 0.4) is 0 Å².